The lowest BCUT2D eigenvalue weighted by molar-refractivity contribution is 0.0602. The zero-order valence-electron chi connectivity index (χ0n) is 14.9. The van der Waals surface area contributed by atoms with Crippen LogP contribution in [-0.2, 0) is 4.74 Å². The molecule has 7 heteroatoms. The summed E-state index contributed by atoms with van der Waals surface area (Å²) < 4.78 is 4.73. The lowest BCUT2D eigenvalue weighted by Gasteiger charge is -2.10. The van der Waals surface area contributed by atoms with Gasteiger partial charge in [-0.25, -0.2) is 14.8 Å². The number of esters is 1. The van der Waals surface area contributed by atoms with Crippen molar-refractivity contribution in [3.05, 3.63) is 77.6 Å². The maximum Gasteiger partial charge on any atom is 0.339 e. The van der Waals surface area contributed by atoms with Gasteiger partial charge in [0.2, 0.25) is 5.95 Å². The highest BCUT2D eigenvalue weighted by molar-refractivity contribution is 6.07. The van der Waals surface area contributed by atoms with Crippen molar-refractivity contribution in [1.82, 2.24) is 9.97 Å². The van der Waals surface area contributed by atoms with Gasteiger partial charge in [-0.1, -0.05) is 24.3 Å². The van der Waals surface area contributed by atoms with Crippen molar-refractivity contribution >= 4 is 29.2 Å². The van der Waals surface area contributed by atoms with E-state index in [1.807, 2.05) is 31.2 Å². The molecule has 0 saturated carbocycles. The van der Waals surface area contributed by atoms with Gasteiger partial charge in [-0.3, -0.25) is 4.79 Å². The van der Waals surface area contributed by atoms with E-state index in [0.717, 1.165) is 11.3 Å². The molecule has 3 aromatic rings. The smallest absolute Gasteiger partial charge is 0.339 e. The van der Waals surface area contributed by atoms with Gasteiger partial charge in [0.25, 0.3) is 5.91 Å². The fourth-order valence-electron chi connectivity index (χ4n) is 2.46. The van der Waals surface area contributed by atoms with Crippen molar-refractivity contribution in [1.29, 1.82) is 0 Å². The first kappa shape index (κ1) is 18.1. The van der Waals surface area contributed by atoms with Crippen LogP contribution in [0.15, 0.2) is 60.8 Å². The monoisotopic (exact) mass is 362 g/mol. The number of nitrogens with zero attached hydrogens (tertiary/aromatic N) is 2. The average molecular weight is 362 g/mol. The van der Waals surface area contributed by atoms with Gasteiger partial charge in [0.05, 0.1) is 18.4 Å². The lowest BCUT2D eigenvalue weighted by atomic mass is 10.1. The quantitative estimate of drug-likeness (QED) is 0.674. The number of carbonyl (C=O) groups excluding carboxylic acids is 2. The van der Waals surface area contributed by atoms with Crippen LogP contribution in [0, 0.1) is 6.92 Å². The fraction of sp³-hybridized carbons (Fsp3) is 0.100. The summed E-state index contributed by atoms with van der Waals surface area (Å²) in [6, 6.07) is 15.8. The summed E-state index contributed by atoms with van der Waals surface area (Å²) in [5.74, 6) is -0.689. The summed E-state index contributed by atoms with van der Waals surface area (Å²) in [6.45, 7) is 1.98. The molecule has 0 aliphatic heterocycles. The minimum absolute atomic E-state index is 0.167. The number of amides is 1. The Kier molecular flexibility index (Phi) is 5.41. The molecule has 0 spiro atoms. The Labute approximate surface area is 156 Å². The molecule has 1 aromatic heterocycles. The topological polar surface area (TPSA) is 93.2 Å². The van der Waals surface area contributed by atoms with E-state index >= 15 is 0 Å². The zero-order chi connectivity index (χ0) is 19.2. The molecule has 0 aliphatic carbocycles. The molecule has 0 atom stereocenters. The predicted molar refractivity (Wildman–Crippen MR) is 102 cm³/mol. The zero-order valence-corrected chi connectivity index (χ0v) is 14.9. The molecule has 3 rings (SSSR count). The minimum atomic E-state index is -0.532. The summed E-state index contributed by atoms with van der Waals surface area (Å²) in [7, 11) is 1.29. The van der Waals surface area contributed by atoms with E-state index in [0.29, 0.717) is 11.6 Å². The van der Waals surface area contributed by atoms with Gasteiger partial charge in [0, 0.05) is 11.9 Å². The van der Waals surface area contributed by atoms with Crippen molar-refractivity contribution in [3.63, 3.8) is 0 Å². The molecule has 0 bridgehead atoms. The molecule has 0 unspecified atom stereocenters. The highest BCUT2D eigenvalue weighted by Crippen LogP contribution is 2.18. The van der Waals surface area contributed by atoms with E-state index < -0.39 is 11.9 Å². The maximum atomic E-state index is 12.6. The number of nitrogens with one attached hydrogen (secondary N) is 2. The SMILES string of the molecule is COC(=O)c1ccccc1NC(=O)c1ccnc(Nc2cccc(C)c2)n1. The van der Waals surface area contributed by atoms with Crippen molar-refractivity contribution in [2.75, 3.05) is 17.7 Å². The summed E-state index contributed by atoms with van der Waals surface area (Å²) in [5, 5.41) is 5.75. The Balaban J connectivity index is 1.79. The van der Waals surface area contributed by atoms with Gasteiger partial charge in [-0.2, -0.15) is 0 Å². The van der Waals surface area contributed by atoms with Gasteiger partial charge in [0.15, 0.2) is 0 Å². The van der Waals surface area contributed by atoms with Crippen molar-refractivity contribution in [3.8, 4) is 0 Å². The van der Waals surface area contributed by atoms with Gasteiger partial charge in [-0.15, -0.1) is 0 Å². The number of hydrogen-bond donors (Lipinski definition) is 2. The van der Waals surface area contributed by atoms with Gasteiger partial charge < -0.3 is 15.4 Å². The minimum Gasteiger partial charge on any atom is -0.465 e. The maximum absolute atomic E-state index is 12.6. The number of benzene rings is 2. The molecule has 27 heavy (non-hydrogen) atoms. The summed E-state index contributed by atoms with van der Waals surface area (Å²) in [4.78, 5) is 32.8. The van der Waals surface area contributed by atoms with E-state index in [4.69, 9.17) is 4.74 Å². The van der Waals surface area contributed by atoms with Crippen molar-refractivity contribution in [2.24, 2.45) is 0 Å². The Morgan fingerprint density at radius 2 is 1.85 bits per heavy atom. The normalized spacial score (nSPS) is 10.1. The first-order valence-electron chi connectivity index (χ1n) is 8.22. The van der Waals surface area contributed by atoms with E-state index in [1.54, 1.807) is 24.3 Å². The van der Waals surface area contributed by atoms with Gasteiger partial charge >= 0.3 is 5.97 Å². The van der Waals surface area contributed by atoms with Crippen molar-refractivity contribution in [2.45, 2.75) is 6.92 Å². The van der Waals surface area contributed by atoms with Crippen LogP contribution in [0.1, 0.15) is 26.4 Å². The van der Waals surface area contributed by atoms with Crippen LogP contribution in [0.4, 0.5) is 17.3 Å². The third kappa shape index (κ3) is 4.46. The van der Waals surface area contributed by atoms with E-state index in [1.165, 1.54) is 19.4 Å². The van der Waals surface area contributed by atoms with Crippen LogP contribution in [0.3, 0.4) is 0 Å². The second-order valence-electron chi connectivity index (χ2n) is 5.75. The molecular formula is C20H18N4O3. The largest absolute Gasteiger partial charge is 0.465 e. The number of rotatable bonds is 5. The first-order chi connectivity index (χ1) is 13.1. The number of hydrogen-bond acceptors (Lipinski definition) is 6. The van der Waals surface area contributed by atoms with Crippen molar-refractivity contribution < 1.29 is 14.3 Å². The summed E-state index contributed by atoms with van der Waals surface area (Å²) in [6.07, 6.45) is 1.49. The number of methoxy groups -OCH3 is 1. The van der Waals surface area contributed by atoms with Gasteiger partial charge in [-0.05, 0) is 42.8 Å². The first-order valence-corrected chi connectivity index (χ1v) is 8.22. The highest BCUT2D eigenvalue weighted by Gasteiger charge is 2.15. The molecule has 2 aromatic carbocycles. The standard InChI is InChI=1S/C20H18N4O3/c1-13-6-5-7-14(12-13)22-20-21-11-10-17(24-20)18(25)23-16-9-4-3-8-15(16)19(26)27-2/h3-12H,1-2H3,(H,23,25)(H,21,22,24). The second kappa shape index (κ2) is 8.09. The molecule has 0 aliphatic rings. The van der Waals surface area contributed by atoms with E-state index in [-0.39, 0.29) is 11.3 Å². The van der Waals surface area contributed by atoms with Crippen LogP contribution in [0.2, 0.25) is 0 Å². The molecule has 7 nitrogen and oxygen atoms in total. The Morgan fingerprint density at radius 1 is 1.04 bits per heavy atom. The summed E-state index contributed by atoms with van der Waals surface area (Å²) in [5.41, 5.74) is 2.69. The van der Waals surface area contributed by atoms with E-state index in [9.17, 15) is 9.59 Å². The number of para-hydroxylation sites is 1. The Bertz CT molecular complexity index is 988. The molecule has 136 valence electrons. The Morgan fingerprint density at radius 3 is 2.63 bits per heavy atom. The predicted octanol–water partition coefficient (Wildman–Crippen LogP) is 3.57. The average Bonchev–Trinajstić information content (AvgIpc) is 2.68. The number of anilines is 3. The third-order valence-electron chi connectivity index (χ3n) is 3.74. The lowest BCUT2D eigenvalue weighted by Crippen LogP contribution is -2.17. The van der Waals surface area contributed by atoms with E-state index in [2.05, 4.69) is 20.6 Å². The molecule has 1 amide bonds. The van der Waals surface area contributed by atoms with Crippen LogP contribution >= 0.6 is 0 Å². The number of ether oxygens (including phenoxy) is 1. The molecule has 0 saturated heterocycles. The van der Waals surface area contributed by atoms with Crippen LogP contribution < -0.4 is 10.6 Å². The molecule has 0 fully saturated rings. The summed E-state index contributed by atoms with van der Waals surface area (Å²) >= 11 is 0. The number of aryl methyl sites for hydroxylation is 1. The van der Waals surface area contributed by atoms with Crippen LogP contribution in [0.25, 0.3) is 0 Å². The Hall–Kier alpha value is -3.74. The second-order valence-corrected chi connectivity index (χ2v) is 5.75. The molecule has 2 N–H and O–H groups in total. The van der Waals surface area contributed by atoms with Gasteiger partial charge in [0.1, 0.15) is 5.69 Å². The number of carbonyl (C=O) groups is 2. The number of aromatic nitrogens is 2. The highest BCUT2D eigenvalue weighted by atomic mass is 16.5. The molecular weight excluding hydrogens is 344 g/mol. The fourth-order valence-corrected chi connectivity index (χ4v) is 2.46. The van der Waals surface area contributed by atoms with Crippen LogP contribution in [0.5, 0.6) is 0 Å². The van der Waals surface area contributed by atoms with Crippen LogP contribution in [-0.4, -0.2) is 29.0 Å². The third-order valence-corrected chi connectivity index (χ3v) is 3.74. The molecule has 1 heterocycles. The molecule has 0 radical (unpaired) electrons.